The van der Waals surface area contributed by atoms with Crippen LogP contribution >= 0.6 is 15.9 Å². The van der Waals surface area contributed by atoms with E-state index < -0.39 is 10.0 Å². The first-order valence-electron chi connectivity index (χ1n) is 7.99. The predicted molar refractivity (Wildman–Crippen MR) is 93.9 cm³/mol. The van der Waals surface area contributed by atoms with Crippen LogP contribution in [0.2, 0.25) is 0 Å². The van der Waals surface area contributed by atoms with Crippen LogP contribution in [0.5, 0.6) is 0 Å². The van der Waals surface area contributed by atoms with Crippen molar-refractivity contribution in [3.8, 4) is 0 Å². The van der Waals surface area contributed by atoms with Gasteiger partial charge in [-0.25, -0.2) is 12.7 Å². The highest BCUT2D eigenvalue weighted by atomic mass is 79.9. The second kappa shape index (κ2) is 6.80. The monoisotopic (exact) mass is 402 g/mol. The van der Waals surface area contributed by atoms with Crippen LogP contribution in [0.1, 0.15) is 24.3 Å². The maximum atomic E-state index is 12.0. The quantitative estimate of drug-likeness (QED) is 0.834. The Balaban J connectivity index is 1.88. The van der Waals surface area contributed by atoms with Gasteiger partial charge in [0, 0.05) is 35.6 Å². The Morgan fingerprint density at radius 3 is 2.48 bits per heavy atom. The van der Waals surface area contributed by atoms with Crippen LogP contribution in [0.3, 0.4) is 0 Å². The highest BCUT2D eigenvalue weighted by Crippen LogP contribution is 2.42. The van der Waals surface area contributed by atoms with Gasteiger partial charge in [-0.1, -0.05) is 28.1 Å². The normalized spacial score (nSPS) is 30.1. The van der Waals surface area contributed by atoms with Gasteiger partial charge >= 0.3 is 0 Å². The molecule has 0 amide bonds. The molecule has 3 rings (SSSR count). The van der Waals surface area contributed by atoms with Crippen molar-refractivity contribution in [2.45, 2.75) is 30.8 Å². The Kier molecular flexibility index (Phi) is 5.13. The lowest BCUT2D eigenvalue weighted by Gasteiger charge is -2.57. The van der Waals surface area contributed by atoms with Crippen molar-refractivity contribution in [3.63, 3.8) is 0 Å². The zero-order valence-electron chi connectivity index (χ0n) is 13.2. The fraction of sp³-hybridized carbons (Fsp3) is 0.625. The number of benzene rings is 1. The third-order valence-electron chi connectivity index (χ3n) is 5.06. The lowest BCUT2D eigenvalue weighted by atomic mass is 9.74. The lowest BCUT2D eigenvalue weighted by molar-refractivity contribution is -0.0553. The van der Waals surface area contributed by atoms with Gasteiger partial charge in [0.05, 0.1) is 12.9 Å². The number of hydrogen-bond acceptors (Lipinski definition) is 4. The van der Waals surface area contributed by atoms with Crippen LogP contribution in [-0.4, -0.2) is 67.3 Å². The number of rotatable bonds is 3. The van der Waals surface area contributed by atoms with Gasteiger partial charge in [0.15, 0.2) is 0 Å². The first-order chi connectivity index (χ1) is 10.9. The van der Waals surface area contributed by atoms with E-state index in [0.29, 0.717) is 13.1 Å². The van der Waals surface area contributed by atoms with E-state index in [2.05, 4.69) is 33.0 Å². The average molecular weight is 403 g/mol. The maximum absolute atomic E-state index is 12.0. The van der Waals surface area contributed by atoms with E-state index in [0.717, 1.165) is 23.9 Å². The van der Waals surface area contributed by atoms with Gasteiger partial charge in [0.2, 0.25) is 10.0 Å². The molecule has 0 radical (unpaired) electrons. The molecular weight excluding hydrogens is 380 g/mol. The van der Waals surface area contributed by atoms with Gasteiger partial charge in [-0.3, -0.25) is 4.90 Å². The lowest BCUT2D eigenvalue weighted by Crippen LogP contribution is -2.67. The second-order valence-electron chi connectivity index (χ2n) is 6.46. The van der Waals surface area contributed by atoms with Crippen LogP contribution in [-0.2, 0) is 10.0 Å². The molecule has 2 fully saturated rings. The molecule has 5 nitrogen and oxygen atoms in total. The zero-order valence-corrected chi connectivity index (χ0v) is 15.6. The van der Waals surface area contributed by atoms with E-state index in [1.54, 1.807) is 4.31 Å². The molecular formula is C16H23BrN2O3S. The largest absolute Gasteiger partial charge is 0.395 e. The summed E-state index contributed by atoms with van der Waals surface area (Å²) in [5.41, 5.74) is 1.17. The molecule has 1 N–H and O–H groups in total. The number of nitrogens with zero attached hydrogens (tertiary/aromatic N) is 2. The molecule has 128 valence electrons. The number of aliphatic hydroxyl groups is 1. The Morgan fingerprint density at radius 2 is 1.87 bits per heavy atom. The Hall–Kier alpha value is -0.470. The minimum Gasteiger partial charge on any atom is -0.395 e. The van der Waals surface area contributed by atoms with Crippen molar-refractivity contribution in [1.29, 1.82) is 0 Å². The minimum atomic E-state index is -3.19. The van der Waals surface area contributed by atoms with E-state index in [1.807, 2.05) is 12.1 Å². The van der Waals surface area contributed by atoms with Crippen molar-refractivity contribution in [2.24, 2.45) is 0 Å². The van der Waals surface area contributed by atoms with Crippen molar-refractivity contribution in [3.05, 3.63) is 34.3 Å². The molecule has 7 heteroatoms. The van der Waals surface area contributed by atoms with Crippen LogP contribution < -0.4 is 0 Å². The van der Waals surface area contributed by atoms with Crippen LogP contribution in [0.4, 0.5) is 0 Å². The molecule has 0 aromatic heterocycles. The van der Waals surface area contributed by atoms with E-state index >= 15 is 0 Å². The summed E-state index contributed by atoms with van der Waals surface area (Å²) in [6.45, 7) is 2.15. The molecule has 0 bridgehead atoms. The third-order valence-corrected chi connectivity index (χ3v) is 6.85. The first kappa shape index (κ1) is 17.4. The summed E-state index contributed by atoms with van der Waals surface area (Å²) < 4.78 is 26.7. The fourth-order valence-corrected chi connectivity index (χ4v) is 5.04. The van der Waals surface area contributed by atoms with E-state index in [9.17, 15) is 13.5 Å². The minimum absolute atomic E-state index is 0.0840. The summed E-state index contributed by atoms with van der Waals surface area (Å²) in [5, 5.41) is 9.82. The average Bonchev–Trinajstić information content (AvgIpc) is 2.46. The summed E-state index contributed by atoms with van der Waals surface area (Å²) in [5.74, 6) is 0.176. The Labute approximate surface area is 146 Å². The van der Waals surface area contributed by atoms with E-state index in [1.165, 1.54) is 11.8 Å². The molecule has 1 aromatic rings. The van der Waals surface area contributed by atoms with Crippen molar-refractivity contribution in [2.75, 3.05) is 32.5 Å². The van der Waals surface area contributed by atoms with Gasteiger partial charge in [-0.05, 0) is 37.1 Å². The SMILES string of the molecule is CS(=O)(=O)N1CCCCN2[C@@H](CO)[C@@H](c3ccc(Br)cc3)[C@@H]2C1. The molecule has 1 aromatic carbocycles. The summed E-state index contributed by atoms with van der Waals surface area (Å²) in [7, 11) is -3.19. The highest BCUT2D eigenvalue weighted by molar-refractivity contribution is 9.10. The number of sulfonamides is 1. The molecule has 2 saturated heterocycles. The van der Waals surface area contributed by atoms with Crippen molar-refractivity contribution in [1.82, 2.24) is 9.21 Å². The highest BCUT2D eigenvalue weighted by Gasteiger charge is 2.49. The number of halogens is 1. The molecule has 2 aliphatic heterocycles. The molecule has 2 heterocycles. The fourth-order valence-electron chi connectivity index (χ4n) is 3.89. The van der Waals surface area contributed by atoms with Crippen molar-refractivity contribution < 1.29 is 13.5 Å². The van der Waals surface area contributed by atoms with Gasteiger partial charge in [0.25, 0.3) is 0 Å². The molecule has 3 atom stereocenters. The van der Waals surface area contributed by atoms with E-state index in [4.69, 9.17) is 0 Å². The van der Waals surface area contributed by atoms with Crippen LogP contribution in [0, 0.1) is 0 Å². The molecule has 2 aliphatic rings. The molecule has 23 heavy (non-hydrogen) atoms. The summed E-state index contributed by atoms with van der Waals surface area (Å²) in [4.78, 5) is 2.28. The zero-order chi connectivity index (χ0) is 16.6. The summed E-state index contributed by atoms with van der Waals surface area (Å²) >= 11 is 3.45. The van der Waals surface area contributed by atoms with Gasteiger partial charge in [-0.2, -0.15) is 0 Å². The molecule has 0 saturated carbocycles. The number of aliphatic hydroxyl groups excluding tert-OH is 1. The topological polar surface area (TPSA) is 60.9 Å². The standard InChI is InChI=1S/C16H23BrN2O3S/c1-23(21,22)18-8-2-3-9-19-14(10-18)16(15(19)11-20)12-4-6-13(17)7-5-12/h4-7,14-16,20H,2-3,8-11H2,1H3/t14-,15-,16-/m0/s1. The molecule has 0 aliphatic carbocycles. The number of fused-ring (bicyclic) bond motifs is 1. The summed E-state index contributed by atoms with van der Waals surface area (Å²) in [6.07, 6.45) is 3.12. The third kappa shape index (κ3) is 3.49. The van der Waals surface area contributed by atoms with Crippen LogP contribution in [0.15, 0.2) is 28.7 Å². The smallest absolute Gasteiger partial charge is 0.211 e. The van der Waals surface area contributed by atoms with Gasteiger partial charge in [-0.15, -0.1) is 0 Å². The van der Waals surface area contributed by atoms with Gasteiger partial charge < -0.3 is 5.11 Å². The Bertz CT molecular complexity index is 650. The number of hydrogen-bond donors (Lipinski definition) is 1. The molecule has 0 unspecified atom stereocenters. The van der Waals surface area contributed by atoms with Crippen LogP contribution in [0.25, 0.3) is 0 Å². The molecule has 0 spiro atoms. The second-order valence-corrected chi connectivity index (χ2v) is 9.36. The Morgan fingerprint density at radius 1 is 1.22 bits per heavy atom. The van der Waals surface area contributed by atoms with Crippen molar-refractivity contribution >= 4 is 26.0 Å². The van der Waals surface area contributed by atoms with E-state index in [-0.39, 0.29) is 24.6 Å². The van der Waals surface area contributed by atoms with Gasteiger partial charge in [0.1, 0.15) is 0 Å². The predicted octanol–water partition coefficient (Wildman–Crippen LogP) is 1.63. The first-order valence-corrected chi connectivity index (χ1v) is 10.6. The summed E-state index contributed by atoms with van der Waals surface area (Å²) in [6, 6.07) is 8.37. The maximum Gasteiger partial charge on any atom is 0.211 e.